The molecule has 2 heterocycles. The van der Waals surface area contributed by atoms with Crippen LogP contribution >= 0.6 is 11.8 Å². The van der Waals surface area contributed by atoms with Crippen LogP contribution in [0.15, 0.2) is 31.2 Å². The molecule has 0 spiro atoms. The Kier molecular flexibility index (Phi) is 5.54. The van der Waals surface area contributed by atoms with Crippen molar-refractivity contribution in [2.75, 3.05) is 18.2 Å². The minimum absolute atomic E-state index is 0.00753. The van der Waals surface area contributed by atoms with Crippen LogP contribution in [0.1, 0.15) is 19.0 Å². The second-order valence-corrected chi connectivity index (χ2v) is 6.39. The van der Waals surface area contributed by atoms with Gasteiger partial charge in [-0.05, 0) is 12.3 Å². The number of anilines is 1. The second kappa shape index (κ2) is 7.41. The Morgan fingerprint density at radius 1 is 1.57 bits per heavy atom. The number of hydrogen-bond acceptors (Lipinski definition) is 4. The van der Waals surface area contributed by atoms with E-state index in [0.717, 1.165) is 6.20 Å². The molecule has 0 aliphatic heterocycles. The van der Waals surface area contributed by atoms with Gasteiger partial charge in [0.1, 0.15) is 11.5 Å². The summed E-state index contributed by atoms with van der Waals surface area (Å²) >= 11 is 1.64. The first kappa shape index (κ1) is 17.2. The molecule has 7 heteroatoms. The molecule has 0 aliphatic rings. The molecule has 0 radical (unpaired) electrons. The maximum atomic E-state index is 13.3. The summed E-state index contributed by atoms with van der Waals surface area (Å²) in [7, 11) is 1.70. The lowest BCUT2D eigenvalue weighted by Gasteiger charge is -2.18. The third-order valence-electron chi connectivity index (χ3n) is 3.47. The summed E-state index contributed by atoms with van der Waals surface area (Å²) < 4.78 is 14.8. The topological polar surface area (TPSA) is 51.0 Å². The van der Waals surface area contributed by atoms with Gasteiger partial charge in [-0.25, -0.2) is 9.07 Å². The molecule has 0 bridgehead atoms. The molecule has 0 saturated carbocycles. The monoisotopic (exact) mass is 334 g/mol. The zero-order valence-electron chi connectivity index (χ0n) is 13.4. The number of halogens is 1. The van der Waals surface area contributed by atoms with E-state index in [2.05, 4.69) is 16.7 Å². The summed E-state index contributed by atoms with van der Waals surface area (Å²) in [5.41, 5.74) is 1.67. The average Bonchev–Trinajstić information content (AvgIpc) is 2.98. The number of carbonyl (C=O) groups is 1. The SMILES string of the molecule is C=Cc1nn(-c2cncc(F)c2)cc1N(C)C(=O)CC(C)SC. The number of carbonyl (C=O) groups excluding carboxylic acids is 1. The number of thioether (sulfide) groups is 1. The minimum atomic E-state index is -0.446. The van der Waals surface area contributed by atoms with E-state index in [1.165, 1.54) is 16.9 Å². The molecule has 0 fully saturated rings. The van der Waals surface area contributed by atoms with Crippen molar-refractivity contribution in [3.63, 3.8) is 0 Å². The molecule has 0 N–H and O–H groups in total. The summed E-state index contributed by atoms with van der Waals surface area (Å²) in [6.45, 7) is 5.73. The minimum Gasteiger partial charge on any atom is -0.312 e. The molecule has 1 atom stereocenters. The summed E-state index contributed by atoms with van der Waals surface area (Å²) in [4.78, 5) is 17.7. The van der Waals surface area contributed by atoms with Crippen molar-refractivity contribution in [3.05, 3.63) is 42.7 Å². The largest absolute Gasteiger partial charge is 0.312 e. The Morgan fingerprint density at radius 3 is 2.91 bits per heavy atom. The number of pyridine rings is 1. The van der Waals surface area contributed by atoms with Gasteiger partial charge in [0.2, 0.25) is 5.91 Å². The van der Waals surface area contributed by atoms with E-state index in [0.29, 0.717) is 23.5 Å². The van der Waals surface area contributed by atoms with E-state index in [1.807, 2.05) is 13.2 Å². The fourth-order valence-corrected chi connectivity index (χ4v) is 2.35. The maximum absolute atomic E-state index is 13.3. The van der Waals surface area contributed by atoms with Gasteiger partial charge >= 0.3 is 0 Å². The van der Waals surface area contributed by atoms with Crippen molar-refractivity contribution < 1.29 is 9.18 Å². The van der Waals surface area contributed by atoms with Crippen LogP contribution in [-0.4, -0.2) is 39.2 Å². The first-order valence-electron chi connectivity index (χ1n) is 7.08. The third kappa shape index (κ3) is 3.98. The normalized spacial score (nSPS) is 12.0. The first-order chi connectivity index (χ1) is 11.0. The van der Waals surface area contributed by atoms with E-state index in [1.54, 1.807) is 36.0 Å². The Labute approximate surface area is 139 Å². The lowest BCUT2D eigenvalue weighted by atomic mass is 10.2. The van der Waals surface area contributed by atoms with Gasteiger partial charge < -0.3 is 4.90 Å². The summed E-state index contributed by atoms with van der Waals surface area (Å²) in [6, 6.07) is 1.33. The van der Waals surface area contributed by atoms with Crippen LogP contribution < -0.4 is 4.90 Å². The van der Waals surface area contributed by atoms with E-state index in [9.17, 15) is 9.18 Å². The van der Waals surface area contributed by atoms with E-state index in [4.69, 9.17) is 0 Å². The van der Waals surface area contributed by atoms with Crippen molar-refractivity contribution in [2.24, 2.45) is 0 Å². The highest BCUT2D eigenvalue weighted by Crippen LogP contribution is 2.23. The van der Waals surface area contributed by atoms with Crippen LogP contribution in [0.2, 0.25) is 0 Å². The quantitative estimate of drug-likeness (QED) is 0.814. The molecule has 1 unspecified atom stereocenters. The number of amides is 1. The molecule has 0 aromatic carbocycles. The Morgan fingerprint density at radius 2 is 2.30 bits per heavy atom. The van der Waals surface area contributed by atoms with Crippen molar-refractivity contribution in [1.29, 1.82) is 0 Å². The van der Waals surface area contributed by atoms with Crippen LogP contribution in [0.5, 0.6) is 0 Å². The van der Waals surface area contributed by atoms with Crippen LogP contribution in [0.3, 0.4) is 0 Å². The van der Waals surface area contributed by atoms with Crippen LogP contribution in [0.4, 0.5) is 10.1 Å². The van der Waals surface area contributed by atoms with Crippen molar-refractivity contribution in [1.82, 2.24) is 14.8 Å². The molecule has 0 saturated heterocycles. The average molecular weight is 334 g/mol. The van der Waals surface area contributed by atoms with Gasteiger partial charge in [0.15, 0.2) is 0 Å². The molecule has 5 nitrogen and oxygen atoms in total. The molecule has 1 amide bonds. The van der Waals surface area contributed by atoms with Gasteiger partial charge in [0.25, 0.3) is 0 Å². The number of hydrogen-bond donors (Lipinski definition) is 0. The lowest BCUT2D eigenvalue weighted by molar-refractivity contribution is -0.118. The van der Waals surface area contributed by atoms with Gasteiger partial charge in [0, 0.05) is 24.8 Å². The molecule has 2 rings (SSSR count). The predicted octanol–water partition coefficient (Wildman–Crippen LogP) is 3.15. The Bertz CT molecular complexity index is 716. The Balaban J connectivity index is 2.32. The fraction of sp³-hybridized carbons (Fsp3) is 0.312. The number of nitrogens with zero attached hydrogens (tertiary/aromatic N) is 4. The molecular weight excluding hydrogens is 315 g/mol. The van der Waals surface area contributed by atoms with Gasteiger partial charge in [-0.1, -0.05) is 13.5 Å². The van der Waals surface area contributed by atoms with Crippen LogP contribution in [0.25, 0.3) is 11.8 Å². The predicted molar refractivity (Wildman–Crippen MR) is 92.4 cm³/mol. The second-order valence-electron chi connectivity index (χ2n) is 5.11. The van der Waals surface area contributed by atoms with E-state index >= 15 is 0 Å². The summed E-state index contributed by atoms with van der Waals surface area (Å²) in [5.74, 6) is -0.454. The maximum Gasteiger partial charge on any atom is 0.227 e. The molecule has 2 aromatic heterocycles. The highest BCUT2D eigenvalue weighted by atomic mass is 32.2. The highest BCUT2D eigenvalue weighted by molar-refractivity contribution is 7.99. The standard InChI is InChI=1S/C16H19FN4OS/c1-5-14-15(20(3)16(22)6-11(2)23-4)10-21(19-14)13-7-12(17)8-18-9-13/h5,7-11H,1,6H2,2-4H3. The van der Waals surface area contributed by atoms with Gasteiger partial charge in [-0.15, -0.1) is 0 Å². The lowest BCUT2D eigenvalue weighted by Crippen LogP contribution is -2.28. The van der Waals surface area contributed by atoms with E-state index < -0.39 is 5.82 Å². The van der Waals surface area contributed by atoms with Crippen LogP contribution in [-0.2, 0) is 4.79 Å². The smallest absolute Gasteiger partial charge is 0.227 e. The molecule has 23 heavy (non-hydrogen) atoms. The van der Waals surface area contributed by atoms with Crippen LogP contribution in [0, 0.1) is 5.82 Å². The van der Waals surface area contributed by atoms with Crippen molar-refractivity contribution in [2.45, 2.75) is 18.6 Å². The van der Waals surface area contributed by atoms with E-state index in [-0.39, 0.29) is 11.2 Å². The molecule has 122 valence electrons. The molecule has 0 aliphatic carbocycles. The highest BCUT2D eigenvalue weighted by Gasteiger charge is 2.19. The van der Waals surface area contributed by atoms with Gasteiger partial charge in [-0.2, -0.15) is 16.9 Å². The third-order valence-corrected chi connectivity index (χ3v) is 4.44. The Hall–Kier alpha value is -2.15. The fourth-order valence-electron chi connectivity index (χ4n) is 2.04. The zero-order chi connectivity index (χ0) is 17.0. The number of rotatable bonds is 6. The van der Waals surface area contributed by atoms with Gasteiger partial charge in [-0.3, -0.25) is 9.78 Å². The van der Waals surface area contributed by atoms with Gasteiger partial charge in [0.05, 0.1) is 30.0 Å². The van der Waals surface area contributed by atoms with Crippen molar-refractivity contribution >= 4 is 29.4 Å². The first-order valence-corrected chi connectivity index (χ1v) is 8.37. The molecular formula is C16H19FN4OS. The summed E-state index contributed by atoms with van der Waals surface area (Å²) in [5, 5.41) is 4.57. The summed E-state index contributed by atoms with van der Waals surface area (Å²) in [6.07, 6.45) is 8.28. The zero-order valence-corrected chi connectivity index (χ0v) is 14.2. The van der Waals surface area contributed by atoms with Crippen molar-refractivity contribution in [3.8, 4) is 5.69 Å². The number of aromatic nitrogens is 3. The molecule has 2 aromatic rings.